The van der Waals surface area contributed by atoms with E-state index < -0.39 is 16.1 Å². The average molecular weight is 496 g/mol. The highest BCUT2D eigenvalue weighted by atomic mass is 35.5. The first-order chi connectivity index (χ1) is 13.6. The number of halogens is 3. The molecule has 29 heavy (non-hydrogen) atoms. The van der Waals surface area contributed by atoms with Crippen LogP contribution in [0.2, 0.25) is 15.1 Å². The minimum atomic E-state index is -3.66. The molecule has 1 N–H and O–H groups in total. The Kier molecular flexibility index (Phi) is 8.97. The number of nitrogens with zero attached hydrogens (tertiary/aromatic N) is 1. The first kappa shape index (κ1) is 24.2. The van der Waals surface area contributed by atoms with E-state index in [0.29, 0.717) is 38.8 Å². The molecule has 0 saturated heterocycles. The SMILES string of the molecule is C[C@@H](C(=O)NCCSCc1c(Cl)cccc1Cl)N(c1ccc(Cl)cc1)S(C)(=O)=O. The van der Waals surface area contributed by atoms with Crippen LogP contribution in [0.1, 0.15) is 12.5 Å². The van der Waals surface area contributed by atoms with E-state index in [9.17, 15) is 13.2 Å². The van der Waals surface area contributed by atoms with Gasteiger partial charge in [0, 0.05) is 33.1 Å². The number of rotatable bonds is 9. The van der Waals surface area contributed by atoms with Crippen LogP contribution in [-0.4, -0.2) is 38.9 Å². The van der Waals surface area contributed by atoms with Crippen molar-refractivity contribution in [1.82, 2.24) is 5.32 Å². The molecule has 158 valence electrons. The van der Waals surface area contributed by atoms with Crippen molar-refractivity contribution >= 4 is 68.2 Å². The van der Waals surface area contributed by atoms with Crippen LogP contribution in [0.3, 0.4) is 0 Å². The first-order valence-corrected chi connectivity index (χ1v) is 12.8. The number of nitrogens with one attached hydrogen (secondary N) is 1. The zero-order valence-corrected chi connectivity index (χ0v) is 19.8. The van der Waals surface area contributed by atoms with E-state index in [0.717, 1.165) is 16.1 Å². The number of carbonyl (C=O) groups is 1. The smallest absolute Gasteiger partial charge is 0.243 e. The van der Waals surface area contributed by atoms with Gasteiger partial charge >= 0.3 is 0 Å². The van der Waals surface area contributed by atoms with Crippen LogP contribution in [0.5, 0.6) is 0 Å². The maximum atomic E-state index is 12.5. The topological polar surface area (TPSA) is 66.5 Å². The lowest BCUT2D eigenvalue weighted by Gasteiger charge is -2.28. The summed E-state index contributed by atoms with van der Waals surface area (Å²) in [7, 11) is -3.66. The summed E-state index contributed by atoms with van der Waals surface area (Å²) in [5.41, 5.74) is 1.23. The number of hydrogen-bond acceptors (Lipinski definition) is 4. The van der Waals surface area contributed by atoms with Gasteiger partial charge in [0.25, 0.3) is 0 Å². The van der Waals surface area contributed by atoms with Crippen molar-refractivity contribution in [3.05, 3.63) is 63.1 Å². The molecule has 5 nitrogen and oxygen atoms in total. The van der Waals surface area contributed by atoms with Crippen molar-refractivity contribution in [2.75, 3.05) is 22.9 Å². The summed E-state index contributed by atoms with van der Waals surface area (Å²) in [4.78, 5) is 12.5. The molecule has 1 atom stereocenters. The van der Waals surface area contributed by atoms with Gasteiger partial charge < -0.3 is 5.32 Å². The standard InChI is InChI=1S/C19H21Cl3N2O3S2/c1-13(24(29(2,26)27)15-8-6-14(20)7-9-15)19(25)23-10-11-28-12-16-17(21)4-3-5-18(16)22/h3-9,13H,10-12H2,1-2H3,(H,23,25)/t13-/m0/s1. The largest absolute Gasteiger partial charge is 0.353 e. The van der Waals surface area contributed by atoms with Gasteiger partial charge in [-0.15, -0.1) is 0 Å². The van der Waals surface area contributed by atoms with Gasteiger partial charge in [0.1, 0.15) is 6.04 Å². The Labute approximate surface area is 190 Å². The lowest BCUT2D eigenvalue weighted by atomic mass is 10.2. The van der Waals surface area contributed by atoms with Crippen LogP contribution >= 0.6 is 46.6 Å². The summed E-state index contributed by atoms with van der Waals surface area (Å²) in [6, 6.07) is 10.7. The zero-order valence-electron chi connectivity index (χ0n) is 15.9. The van der Waals surface area contributed by atoms with Crippen LogP contribution < -0.4 is 9.62 Å². The van der Waals surface area contributed by atoms with E-state index in [2.05, 4.69) is 5.32 Å². The fraction of sp³-hybridized carbons (Fsp3) is 0.316. The minimum absolute atomic E-state index is 0.377. The van der Waals surface area contributed by atoms with Gasteiger partial charge in [-0.25, -0.2) is 8.42 Å². The third kappa shape index (κ3) is 6.96. The van der Waals surface area contributed by atoms with Crippen LogP contribution in [0.4, 0.5) is 5.69 Å². The molecule has 0 saturated carbocycles. The maximum absolute atomic E-state index is 12.5. The van der Waals surface area contributed by atoms with Crippen molar-refractivity contribution in [2.45, 2.75) is 18.7 Å². The van der Waals surface area contributed by atoms with Gasteiger partial charge in [0.05, 0.1) is 11.9 Å². The molecule has 2 aromatic carbocycles. The highest BCUT2D eigenvalue weighted by molar-refractivity contribution is 7.98. The van der Waals surface area contributed by atoms with E-state index in [-0.39, 0.29) is 5.91 Å². The van der Waals surface area contributed by atoms with E-state index in [1.807, 2.05) is 0 Å². The minimum Gasteiger partial charge on any atom is -0.353 e. The van der Waals surface area contributed by atoms with Crippen LogP contribution in [0, 0.1) is 0 Å². The second-order valence-corrected chi connectivity index (χ2v) is 10.5. The van der Waals surface area contributed by atoms with Crippen LogP contribution in [0.15, 0.2) is 42.5 Å². The molecule has 0 unspecified atom stereocenters. The monoisotopic (exact) mass is 494 g/mol. The molecule has 0 heterocycles. The molecule has 0 fully saturated rings. The number of thioether (sulfide) groups is 1. The Bertz CT molecular complexity index is 933. The molecular formula is C19H21Cl3N2O3S2. The quantitative estimate of drug-likeness (QED) is 0.505. The average Bonchev–Trinajstić information content (AvgIpc) is 2.64. The Morgan fingerprint density at radius 3 is 2.24 bits per heavy atom. The second-order valence-electron chi connectivity index (χ2n) is 6.26. The number of sulfonamides is 1. The Hall–Kier alpha value is -1.12. The number of benzene rings is 2. The van der Waals surface area contributed by atoms with E-state index in [1.54, 1.807) is 61.2 Å². The Morgan fingerprint density at radius 1 is 1.10 bits per heavy atom. The van der Waals surface area contributed by atoms with Gasteiger partial charge in [0.2, 0.25) is 15.9 Å². The number of hydrogen-bond donors (Lipinski definition) is 1. The van der Waals surface area contributed by atoms with Gasteiger partial charge in [-0.3, -0.25) is 9.10 Å². The third-order valence-electron chi connectivity index (χ3n) is 4.02. The van der Waals surface area contributed by atoms with Crippen LogP contribution in [-0.2, 0) is 20.6 Å². The lowest BCUT2D eigenvalue weighted by molar-refractivity contribution is -0.121. The second kappa shape index (κ2) is 10.8. The summed E-state index contributed by atoms with van der Waals surface area (Å²) < 4.78 is 25.6. The first-order valence-electron chi connectivity index (χ1n) is 8.64. The van der Waals surface area contributed by atoms with Crippen molar-refractivity contribution in [2.24, 2.45) is 0 Å². The molecule has 0 bridgehead atoms. The highest BCUT2D eigenvalue weighted by Crippen LogP contribution is 2.28. The Balaban J connectivity index is 1.92. The molecular weight excluding hydrogens is 475 g/mol. The molecule has 1 amide bonds. The summed E-state index contributed by atoms with van der Waals surface area (Å²) >= 11 is 19.7. The molecule has 2 aromatic rings. The van der Waals surface area contributed by atoms with E-state index in [4.69, 9.17) is 34.8 Å². The third-order valence-corrected chi connectivity index (χ3v) is 7.21. The number of amides is 1. The van der Waals surface area contributed by atoms with E-state index >= 15 is 0 Å². The van der Waals surface area contributed by atoms with Crippen molar-refractivity contribution < 1.29 is 13.2 Å². The molecule has 2 rings (SSSR count). The fourth-order valence-corrected chi connectivity index (χ4v) is 5.53. The number of anilines is 1. The normalized spacial score (nSPS) is 12.4. The molecule has 0 aliphatic heterocycles. The maximum Gasteiger partial charge on any atom is 0.243 e. The van der Waals surface area contributed by atoms with Gasteiger partial charge in [0.15, 0.2) is 0 Å². The summed E-state index contributed by atoms with van der Waals surface area (Å²) in [5.74, 6) is 0.853. The molecule has 0 aliphatic carbocycles. The summed E-state index contributed by atoms with van der Waals surface area (Å²) in [6.45, 7) is 1.93. The van der Waals surface area contributed by atoms with Gasteiger partial charge in [-0.1, -0.05) is 40.9 Å². The van der Waals surface area contributed by atoms with Crippen molar-refractivity contribution in [1.29, 1.82) is 0 Å². The van der Waals surface area contributed by atoms with Crippen molar-refractivity contribution in [3.8, 4) is 0 Å². The van der Waals surface area contributed by atoms with E-state index in [1.165, 1.54) is 0 Å². The highest BCUT2D eigenvalue weighted by Gasteiger charge is 2.28. The Morgan fingerprint density at radius 2 is 1.69 bits per heavy atom. The predicted octanol–water partition coefficient (Wildman–Crippen LogP) is 4.85. The van der Waals surface area contributed by atoms with Crippen molar-refractivity contribution in [3.63, 3.8) is 0 Å². The summed E-state index contributed by atoms with van der Waals surface area (Å²) in [6.07, 6.45) is 1.06. The summed E-state index contributed by atoms with van der Waals surface area (Å²) in [5, 5.41) is 4.47. The number of carbonyl (C=O) groups excluding carboxylic acids is 1. The predicted molar refractivity (Wildman–Crippen MR) is 124 cm³/mol. The molecule has 0 aliphatic rings. The zero-order chi connectivity index (χ0) is 21.6. The molecule has 10 heteroatoms. The fourth-order valence-electron chi connectivity index (χ4n) is 2.64. The van der Waals surface area contributed by atoms with Crippen LogP contribution in [0.25, 0.3) is 0 Å². The van der Waals surface area contributed by atoms with Gasteiger partial charge in [-0.2, -0.15) is 11.8 Å². The molecule has 0 aromatic heterocycles. The lowest BCUT2D eigenvalue weighted by Crippen LogP contribution is -2.48. The van der Waals surface area contributed by atoms with Gasteiger partial charge in [-0.05, 0) is 48.9 Å². The molecule has 0 radical (unpaired) electrons. The molecule has 0 spiro atoms.